The molecule has 1 aliphatic heterocycles. The predicted molar refractivity (Wildman–Crippen MR) is 100 cm³/mol. The number of benzene rings is 1. The van der Waals surface area contributed by atoms with Gasteiger partial charge < -0.3 is 14.4 Å². The third kappa shape index (κ3) is 4.86. The zero-order chi connectivity index (χ0) is 20.1. The number of carbonyl (C=O) groups excluding carboxylic acids is 2. The Balaban J connectivity index is 1.59. The van der Waals surface area contributed by atoms with Gasteiger partial charge in [0.1, 0.15) is 12.4 Å². The molecule has 2 heterocycles. The quantitative estimate of drug-likeness (QED) is 0.677. The number of rotatable bonds is 6. The molecule has 0 saturated carbocycles. The van der Waals surface area contributed by atoms with Crippen molar-refractivity contribution in [3.05, 3.63) is 51.7 Å². The molecule has 2 aromatic rings. The van der Waals surface area contributed by atoms with E-state index in [0.717, 1.165) is 30.5 Å². The molecule has 1 aliphatic rings. The Hall–Kier alpha value is -2.48. The van der Waals surface area contributed by atoms with Crippen LogP contribution in [-0.2, 0) is 16.1 Å². The van der Waals surface area contributed by atoms with Crippen LogP contribution >= 0.6 is 11.3 Å². The summed E-state index contributed by atoms with van der Waals surface area (Å²) in [5, 5.41) is 1.77. The molecule has 3 rings (SSSR count). The van der Waals surface area contributed by atoms with E-state index in [1.165, 1.54) is 17.4 Å². The maximum Gasteiger partial charge on any atom is 0.310 e. The van der Waals surface area contributed by atoms with E-state index in [0.29, 0.717) is 24.6 Å². The third-order valence-electron chi connectivity index (χ3n) is 4.48. The molecule has 1 amide bonds. The van der Waals surface area contributed by atoms with Crippen molar-refractivity contribution in [1.82, 2.24) is 4.90 Å². The molecule has 8 heteroatoms. The lowest BCUT2D eigenvalue weighted by Gasteiger charge is -2.31. The number of likely N-dealkylation sites (tertiary alicyclic amines) is 1. The largest absolute Gasteiger partial charge is 0.486 e. The monoisotopic (exact) mass is 409 g/mol. The van der Waals surface area contributed by atoms with Crippen molar-refractivity contribution in [2.24, 2.45) is 5.92 Å². The molecule has 1 fully saturated rings. The van der Waals surface area contributed by atoms with Gasteiger partial charge in [0, 0.05) is 24.7 Å². The predicted octanol–water partition coefficient (Wildman–Crippen LogP) is 4.02. The molecule has 1 aromatic carbocycles. The first-order chi connectivity index (χ1) is 13.5. The molecule has 0 N–H and O–H groups in total. The van der Waals surface area contributed by atoms with E-state index in [1.54, 1.807) is 23.3 Å². The van der Waals surface area contributed by atoms with Gasteiger partial charge in [-0.1, -0.05) is 0 Å². The van der Waals surface area contributed by atoms with Crippen LogP contribution in [0.4, 0.5) is 8.78 Å². The average Bonchev–Trinajstić information content (AvgIpc) is 3.16. The highest BCUT2D eigenvalue weighted by Crippen LogP contribution is 2.24. The van der Waals surface area contributed by atoms with E-state index < -0.39 is 11.6 Å². The average molecular weight is 409 g/mol. The lowest BCUT2D eigenvalue weighted by atomic mass is 9.98. The Bertz CT molecular complexity index is 854. The number of amides is 1. The Labute approximate surface area is 165 Å². The van der Waals surface area contributed by atoms with Gasteiger partial charge in [-0.25, -0.2) is 8.78 Å². The third-order valence-corrected chi connectivity index (χ3v) is 5.45. The number of esters is 1. The smallest absolute Gasteiger partial charge is 0.310 e. The van der Waals surface area contributed by atoms with Gasteiger partial charge in [-0.3, -0.25) is 9.59 Å². The summed E-state index contributed by atoms with van der Waals surface area (Å²) in [6, 6.07) is 4.81. The number of ether oxygens (including phenoxy) is 2. The summed E-state index contributed by atoms with van der Waals surface area (Å²) in [6.07, 6.45) is 1.47. The summed E-state index contributed by atoms with van der Waals surface area (Å²) in [5.74, 6) is -2.18. The normalized spacial score (nSPS) is 16.7. The number of hydrogen-bond acceptors (Lipinski definition) is 5. The first-order valence-electron chi connectivity index (χ1n) is 9.09. The lowest BCUT2D eigenvalue weighted by molar-refractivity contribution is -0.149. The summed E-state index contributed by atoms with van der Waals surface area (Å²) in [6.45, 7) is 3.10. The molecule has 150 valence electrons. The van der Waals surface area contributed by atoms with Gasteiger partial charge in [-0.15, -0.1) is 11.3 Å². The lowest BCUT2D eigenvalue weighted by Crippen LogP contribution is -2.42. The molecular weight excluding hydrogens is 388 g/mol. The van der Waals surface area contributed by atoms with Crippen molar-refractivity contribution in [3.63, 3.8) is 0 Å². The minimum absolute atomic E-state index is 0.0474. The highest BCUT2D eigenvalue weighted by atomic mass is 32.1. The van der Waals surface area contributed by atoms with Crippen LogP contribution in [0.2, 0.25) is 0 Å². The second-order valence-corrected chi connectivity index (χ2v) is 7.44. The molecule has 1 unspecified atom stereocenters. The van der Waals surface area contributed by atoms with E-state index >= 15 is 0 Å². The molecule has 0 radical (unpaired) electrons. The highest BCUT2D eigenvalue weighted by Gasteiger charge is 2.30. The molecule has 1 saturated heterocycles. The van der Waals surface area contributed by atoms with Gasteiger partial charge in [0.15, 0.2) is 11.6 Å². The number of halogens is 2. The van der Waals surface area contributed by atoms with Gasteiger partial charge in [-0.05, 0) is 43.3 Å². The van der Waals surface area contributed by atoms with Gasteiger partial charge in [0.05, 0.1) is 17.4 Å². The molecule has 1 aromatic heterocycles. The fourth-order valence-electron chi connectivity index (χ4n) is 3.09. The van der Waals surface area contributed by atoms with E-state index in [4.69, 9.17) is 9.47 Å². The summed E-state index contributed by atoms with van der Waals surface area (Å²) < 4.78 is 37.0. The second kappa shape index (κ2) is 9.14. The number of carbonyl (C=O) groups is 2. The van der Waals surface area contributed by atoms with Crippen LogP contribution in [0.1, 0.15) is 35.0 Å². The maximum absolute atomic E-state index is 13.6. The van der Waals surface area contributed by atoms with E-state index in [9.17, 15) is 18.4 Å². The fraction of sp³-hybridized carbons (Fsp3) is 0.400. The first-order valence-corrected chi connectivity index (χ1v) is 9.97. The molecule has 5 nitrogen and oxygen atoms in total. The molecule has 0 spiro atoms. The molecule has 0 aliphatic carbocycles. The Morgan fingerprint density at radius 1 is 1.29 bits per heavy atom. The van der Waals surface area contributed by atoms with Crippen molar-refractivity contribution in [2.45, 2.75) is 26.4 Å². The van der Waals surface area contributed by atoms with Gasteiger partial charge >= 0.3 is 5.97 Å². The molecule has 28 heavy (non-hydrogen) atoms. The number of thiophene rings is 1. The summed E-state index contributed by atoms with van der Waals surface area (Å²) >= 11 is 1.27. The minimum Gasteiger partial charge on any atom is -0.486 e. The van der Waals surface area contributed by atoms with Crippen LogP contribution in [0.5, 0.6) is 5.75 Å². The second-order valence-electron chi connectivity index (χ2n) is 6.52. The van der Waals surface area contributed by atoms with E-state index in [1.807, 2.05) is 0 Å². The van der Waals surface area contributed by atoms with Crippen LogP contribution in [0.3, 0.4) is 0 Å². The van der Waals surface area contributed by atoms with E-state index in [-0.39, 0.29) is 30.2 Å². The van der Waals surface area contributed by atoms with Crippen molar-refractivity contribution >= 4 is 23.2 Å². The van der Waals surface area contributed by atoms with Gasteiger partial charge in [-0.2, -0.15) is 0 Å². The van der Waals surface area contributed by atoms with Crippen molar-refractivity contribution in [3.8, 4) is 5.75 Å². The first kappa shape index (κ1) is 20.3. The Morgan fingerprint density at radius 2 is 2.11 bits per heavy atom. The topological polar surface area (TPSA) is 55.8 Å². The van der Waals surface area contributed by atoms with Gasteiger partial charge in [0.25, 0.3) is 5.91 Å². The van der Waals surface area contributed by atoms with E-state index in [2.05, 4.69) is 0 Å². The van der Waals surface area contributed by atoms with Gasteiger partial charge in [0.2, 0.25) is 0 Å². The Kier molecular flexibility index (Phi) is 6.61. The standard InChI is InChI=1S/C20H21F2NO4S/c1-2-26-20(25)14-4-3-7-23(10-14)19(24)18-8-13(12-28-18)11-27-17-6-5-15(21)9-16(17)22/h5-6,8-9,12,14H,2-4,7,10-11H2,1H3. The van der Waals surface area contributed by atoms with Crippen LogP contribution < -0.4 is 4.74 Å². The molecule has 0 bridgehead atoms. The summed E-state index contributed by atoms with van der Waals surface area (Å²) in [4.78, 5) is 26.9. The zero-order valence-electron chi connectivity index (χ0n) is 15.5. The molecule has 1 atom stereocenters. The van der Waals surface area contributed by atoms with Crippen LogP contribution in [-0.4, -0.2) is 36.5 Å². The summed E-state index contributed by atoms with van der Waals surface area (Å²) in [5.41, 5.74) is 0.719. The minimum atomic E-state index is -0.773. The van der Waals surface area contributed by atoms with Crippen molar-refractivity contribution in [1.29, 1.82) is 0 Å². The highest BCUT2D eigenvalue weighted by molar-refractivity contribution is 7.12. The number of hydrogen-bond donors (Lipinski definition) is 0. The van der Waals surface area contributed by atoms with Crippen LogP contribution in [0.15, 0.2) is 29.6 Å². The SMILES string of the molecule is CCOC(=O)C1CCCN(C(=O)c2cc(COc3ccc(F)cc3F)cs2)C1. The Morgan fingerprint density at radius 3 is 2.86 bits per heavy atom. The summed E-state index contributed by atoms with van der Waals surface area (Å²) in [7, 11) is 0. The van der Waals surface area contributed by atoms with Crippen LogP contribution in [0, 0.1) is 17.6 Å². The van der Waals surface area contributed by atoms with Crippen LogP contribution in [0.25, 0.3) is 0 Å². The molecular formula is C20H21F2NO4S. The van der Waals surface area contributed by atoms with Crippen molar-refractivity contribution < 1.29 is 27.8 Å². The fourth-order valence-corrected chi connectivity index (χ4v) is 3.95. The number of piperidine rings is 1. The maximum atomic E-state index is 13.6. The van der Waals surface area contributed by atoms with Crippen molar-refractivity contribution in [2.75, 3.05) is 19.7 Å². The number of nitrogens with zero attached hydrogens (tertiary/aromatic N) is 1. The zero-order valence-corrected chi connectivity index (χ0v) is 16.3.